The largest absolute Gasteiger partial charge is 0.478 e. The number of carboxylic acid groups (broad SMARTS) is 1. The first kappa shape index (κ1) is 21.4. The summed E-state index contributed by atoms with van der Waals surface area (Å²) < 4.78 is 5.80. The molecule has 0 aliphatic rings. The highest BCUT2D eigenvalue weighted by Crippen LogP contribution is 2.19. The zero-order chi connectivity index (χ0) is 18.8. The van der Waals surface area contributed by atoms with Crippen LogP contribution in [0.2, 0.25) is 0 Å². The van der Waals surface area contributed by atoms with Gasteiger partial charge < -0.3 is 15.1 Å². The second kappa shape index (κ2) is 11.0. The molecular formula is C20H31NO4. The molecule has 0 radical (unpaired) electrons. The maximum atomic E-state index is 10.8. The summed E-state index contributed by atoms with van der Waals surface area (Å²) in [7, 11) is 0. The third-order valence-corrected chi connectivity index (χ3v) is 4.02. The van der Waals surface area contributed by atoms with Crippen molar-refractivity contribution in [3.63, 3.8) is 0 Å². The van der Waals surface area contributed by atoms with E-state index in [9.17, 15) is 10.0 Å². The summed E-state index contributed by atoms with van der Waals surface area (Å²) in [6.07, 6.45) is 3.32. The molecule has 1 aromatic rings. The Labute approximate surface area is 150 Å². The predicted molar refractivity (Wildman–Crippen MR) is 98.4 cm³/mol. The fourth-order valence-corrected chi connectivity index (χ4v) is 2.64. The van der Waals surface area contributed by atoms with Crippen LogP contribution in [0.3, 0.4) is 0 Å². The molecule has 5 nitrogen and oxygen atoms in total. The van der Waals surface area contributed by atoms with Crippen LogP contribution in [0.25, 0.3) is 0 Å². The summed E-state index contributed by atoms with van der Waals surface area (Å²) in [5.41, 5.74) is 1.08. The smallest absolute Gasteiger partial charge is 0.328 e. The van der Waals surface area contributed by atoms with Crippen molar-refractivity contribution in [2.75, 3.05) is 6.61 Å². The zero-order valence-corrected chi connectivity index (χ0v) is 15.6. The standard InChI is InChI=1S/C20H31NO4/c1-15(2)12-18(10-11-20(22)23)21(24)19(16(3)4)14-25-13-17-8-6-5-7-9-17/h5-11,15-16,18-19,24H,12-14H2,1-4H3,(H,22,23)/b11-10-/t18-,19+/m1/s1. The molecule has 0 saturated heterocycles. The second-order valence-corrected chi connectivity index (χ2v) is 7.09. The summed E-state index contributed by atoms with van der Waals surface area (Å²) in [4.78, 5) is 10.8. The van der Waals surface area contributed by atoms with Gasteiger partial charge in [-0.1, -0.05) is 64.1 Å². The highest BCUT2D eigenvalue weighted by molar-refractivity contribution is 5.79. The van der Waals surface area contributed by atoms with Crippen molar-refractivity contribution in [2.45, 2.75) is 52.8 Å². The van der Waals surface area contributed by atoms with Crippen molar-refractivity contribution in [3.8, 4) is 0 Å². The monoisotopic (exact) mass is 349 g/mol. The average molecular weight is 349 g/mol. The van der Waals surface area contributed by atoms with Crippen LogP contribution in [0.15, 0.2) is 42.5 Å². The van der Waals surface area contributed by atoms with E-state index in [0.717, 1.165) is 11.6 Å². The number of aliphatic carboxylic acids is 1. The lowest BCUT2D eigenvalue weighted by Gasteiger charge is -2.34. The SMILES string of the molecule is CC(C)C[C@@H](/C=C\C(=O)O)N(O)[C@@H](COCc1ccccc1)C(C)C. The molecule has 0 saturated carbocycles. The Hall–Kier alpha value is -1.69. The topological polar surface area (TPSA) is 70.0 Å². The van der Waals surface area contributed by atoms with Crippen molar-refractivity contribution in [1.29, 1.82) is 0 Å². The highest BCUT2D eigenvalue weighted by atomic mass is 16.5. The molecule has 2 N–H and O–H groups in total. The van der Waals surface area contributed by atoms with Crippen molar-refractivity contribution in [3.05, 3.63) is 48.0 Å². The van der Waals surface area contributed by atoms with E-state index in [4.69, 9.17) is 9.84 Å². The Morgan fingerprint density at radius 3 is 2.36 bits per heavy atom. The molecule has 0 spiro atoms. The maximum absolute atomic E-state index is 10.8. The first-order valence-corrected chi connectivity index (χ1v) is 8.81. The molecule has 25 heavy (non-hydrogen) atoms. The van der Waals surface area contributed by atoms with Gasteiger partial charge >= 0.3 is 5.97 Å². The Balaban J connectivity index is 2.73. The van der Waals surface area contributed by atoms with Crippen LogP contribution in [0.5, 0.6) is 0 Å². The van der Waals surface area contributed by atoms with Crippen LogP contribution in [0.4, 0.5) is 0 Å². The quantitative estimate of drug-likeness (QED) is 0.467. The molecule has 0 fully saturated rings. The van der Waals surface area contributed by atoms with Gasteiger partial charge in [-0.3, -0.25) is 0 Å². The van der Waals surface area contributed by atoms with Gasteiger partial charge in [0.05, 0.1) is 25.3 Å². The molecule has 0 amide bonds. The summed E-state index contributed by atoms with van der Waals surface area (Å²) in [6.45, 7) is 8.99. The molecule has 0 heterocycles. The van der Waals surface area contributed by atoms with Gasteiger partial charge in [0.2, 0.25) is 0 Å². The van der Waals surface area contributed by atoms with Crippen LogP contribution in [-0.2, 0) is 16.1 Å². The number of nitrogens with zero attached hydrogens (tertiary/aromatic N) is 1. The fourth-order valence-electron chi connectivity index (χ4n) is 2.64. The van der Waals surface area contributed by atoms with E-state index in [1.165, 1.54) is 5.06 Å². The van der Waals surface area contributed by atoms with E-state index in [1.807, 2.05) is 58.0 Å². The summed E-state index contributed by atoms with van der Waals surface area (Å²) in [6, 6.07) is 9.31. The van der Waals surface area contributed by atoms with Crippen LogP contribution in [0, 0.1) is 11.8 Å². The Bertz CT molecular complexity index is 528. The molecule has 5 heteroatoms. The lowest BCUT2D eigenvalue weighted by atomic mass is 9.98. The van der Waals surface area contributed by atoms with Crippen molar-refractivity contribution < 1.29 is 19.8 Å². The number of hydroxylamine groups is 2. The molecule has 140 valence electrons. The van der Waals surface area contributed by atoms with Crippen LogP contribution < -0.4 is 0 Å². The second-order valence-electron chi connectivity index (χ2n) is 7.09. The fraction of sp³-hybridized carbons (Fsp3) is 0.550. The lowest BCUT2D eigenvalue weighted by Crippen LogP contribution is -2.46. The number of ether oxygens (including phenoxy) is 1. The molecule has 0 aromatic heterocycles. The molecule has 0 aliphatic carbocycles. The van der Waals surface area contributed by atoms with E-state index in [-0.39, 0.29) is 18.0 Å². The normalized spacial score (nSPS) is 14.6. The van der Waals surface area contributed by atoms with Crippen LogP contribution in [-0.4, -0.2) is 40.0 Å². The van der Waals surface area contributed by atoms with Crippen LogP contribution >= 0.6 is 0 Å². The predicted octanol–water partition coefficient (Wildman–Crippen LogP) is 3.97. The van der Waals surface area contributed by atoms with Crippen molar-refractivity contribution in [1.82, 2.24) is 5.06 Å². The Morgan fingerprint density at radius 1 is 1.20 bits per heavy atom. The van der Waals surface area contributed by atoms with E-state index >= 15 is 0 Å². The summed E-state index contributed by atoms with van der Waals surface area (Å²) >= 11 is 0. The van der Waals surface area contributed by atoms with Gasteiger partial charge in [-0.2, -0.15) is 5.06 Å². The number of benzene rings is 1. The zero-order valence-electron chi connectivity index (χ0n) is 15.6. The third kappa shape index (κ3) is 8.29. The van der Waals surface area contributed by atoms with Gasteiger partial charge in [0.1, 0.15) is 0 Å². The van der Waals surface area contributed by atoms with E-state index in [2.05, 4.69) is 0 Å². The molecule has 1 aromatic carbocycles. The molecule has 1 rings (SSSR count). The number of carbonyl (C=O) groups is 1. The summed E-state index contributed by atoms with van der Waals surface area (Å²) in [5.74, 6) is -0.520. The number of hydrogen-bond donors (Lipinski definition) is 2. The maximum Gasteiger partial charge on any atom is 0.328 e. The van der Waals surface area contributed by atoms with Crippen molar-refractivity contribution in [2.24, 2.45) is 11.8 Å². The van der Waals surface area contributed by atoms with Gasteiger partial charge in [-0.15, -0.1) is 0 Å². The Kier molecular flexibility index (Phi) is 9.42. The molecule has 0 unspecified atom stereocenters. The minimum Gasteiger partial charge on any atom is -0.478 e. The molecule has 2 atom stereocenters. The molecule has 0 bridgehead atoms. The molecular weight excluding hydrogens is 318 g/mol. The van der Waals surface area contributed by atoms with E-state index in [0.29, 0.717) is 25.6 Å². The van der Waals surface area contributed by atoms with Gasteiger partial charge in [0.25, 0.3) is 0 Å². The van der Waals surface area contributed by atoms with Crippen LogP contribution in [0.1, 0.15) is 39.7 Å². The lowest BCUT2D eigenvalue weighted by molar-refractivity contribution is -0.177. The number of rotatable bonds is 11. The third-order valence-electron chi connectivity index (χ3n) is 4.02. The van der Waals surface area contributed by atoms with Gasteiger partial charge in [0.15, 0.2) is 0 Å². The molecule has 0 aliphatic heterocycles. The van der Waals surface area contributed by atoms with E-state index < -0.39 is 5.97 Å². The van der Waals surface area contributed by atoms with Gasteiger partial charge in [-0.05, 0) is 23.8 Å². The Morgan fingerprint density at radius 2 is 1.84 bits per heavy atom. The van der Waals surface area contributed by atoms with Gasteiger partial charge in [0, 0.05) is 6.08 Å². The number of hydrogen-bond acceptors (Lipinski definition) is 4. The van der Waals surface area contributed by atoms with E-state index in [1.54, 1.807) is 6.08 Å². The minimum atomic E-state index is -1.01. The highest BCUT2D eigenvalue weighted by Gasteiger charge is 2.27. The van der Waals surface area contributed by atoms with Crippen molar-refractivity contribution >= 4 is 5.97 Å². The minimum absolute atomic E-state index is 0.161. The first-order chi connectivity index (χ1) is 11.8. The number of carboxylic acids is 1. The van der Waals surface area contributed by atoms with Gasteiger partial charge in [-0.25, -0.2) is 4.79 Å². The summed E-state index contributed by atoms with van der Waals surface area (Å²) in [5, 5.41) is 20.8. The first-order valence-electron chi connectivity index (χ1n) is 8.81. The average Bonchev–Trinajstić information content (AvgIpc) is 2.55.